The Balaban J connectivity index is 3.89. The van der Waals surface area contributed by atoms with Crippen molar-refractivity contribution in [2.45, 2.75) is 84.0 Å². The summed E-state index contributed by atoms with van der Waals surface area (Å²) in [6.07, 6.45) is 22.9. The Morgan fingerprint density at radius 1 is 0.958 bits per heavy atom. The zero-order valence-electron chi connectivity index (χ0n) is 15.0. The quantitative estimate of drug-likeness (QED) is 0.149. The molecule has 0 rings (SSSR count). The van der Waals surface area contributed by atoms with Gasteiger partial charge in [-0.3, -0.25) is 14.9 Å². The van der Waals surface area contributed by atoms with Gasteiger partial charge in [-0.2, -0.15) is 0 Å². The molecule has 0 atom stereocenters. The second-order valence-corrected chi connectivity index (χ2v) is 5.93. The van der Waals surface area contributed by atoms with E-state index in [4.69, 9.17) is 0 Å². The van der Waals surface area contributed by atoms with Gasteiger partial charge in [-0.05, 0) is 44.6 Å². The molecule has 0 spiro atoms. The van der Waals surface area contributed by atoms with E-state index in [9.17, 15) is 14.9 Å². The fourth-order valence-corrected chi connectivity index (χ4v) is 2.30. The molecule has 0 aliphatic heterocycles. The van der Waals surface area contributed by atoms with Crippen LogP contribution in [0.5, 0.6) is 0 Å². The molecule has 0 heterocycles. The number of allylic oxidation sites excluding steroid dienone is 5. The molecule has 0 saturated heterocycles. The summed E-state index contributed by atoms with van der Waals surface area (Å²) in [4.78, 5) is 20.8. The molecule has 0 amide bonds. The predicted octanol–water partition coefficient (Wildman–Crippen LogP) is 6.07. The van der Waals surface area contributed by atoms with E-state index in [0.717, 1.165) is 44.9 Å². The molecule has 4 nitrogen and oxygen atoms in total. The van der Waals surface area contributed by atoms with Crippen LogP contribution in [0.1, 0.15) is 84.0 Å². The van der Waals surface area contributed by atoms with E-state index in [1.807, 2.05) is 18.4 Å². The summed E-state index contributed by atoms with van der Waals surface area (Å²) in [5.74, 6) is 0. The van der Waals surface area contributed by atoms with E-state index in [1.165, 1.54) is 19.3 Å². The van der Waals surface area contributed by atoms with Crippen LogP contribution in [-0.4, -0.2) is 11.2 Å². The normalized spacial score (nSPS) is 12.3. The van der Waals surface area contributed by atoms with Crippen molar-refractivity contribution in [1.82, 2.24) is 0 Å². The van der Waals surface area contributed by atoms with Crippen molar-refractivity contribution in [1.29, 1.82) is 0 Å². The minimum absolute atomic E-state index is 0.277. The van der Waals surface area contributed by atoms with Gasteiger partial charge in [0.1, 0.15) is 0 Å². The number of nitrogens with zero attached hydrogens (tertiary/aromatic N) is 1. The number of carbonyl (C=O) groups excluding carboxylic acids is 1. The van der Waals surface area contributed by atoms with Gasteiger partial charge < -0.3 is 0 Å². The summed E-state index contributed by atoms with van der Waals surface area (Å²) < 4.78 is 0. The Morgan fingerprint density at radius 2 is 1.67 bits per heavy atom. The van der Waals surface area contributed by atoms with Crippen LogP contribution in [0, 0.1) is 10.1 Å². The van der Waals surface area contributed by atoms with Crippen LogP contribution < -0.4 is 0 Å². The highest BCUT2D eigenvalue weighted by Gasteiger charge is 2.06. The lowest BCUT2D eigenvalue weighted by atomic mass is 10.1. The Hall–Kier alpha value is -1.71. The second kappa shape index (κ2) is 17.6. The summed E-state index contributed by atoms with van der Waals surface area (Å²) in [6, 6.07) is 0. The number of hydrogen-bond acceptors (Lipinski definition) is 3. The molecule has 0 saturated carbocycles. The molecule has 0 aliphatic rings. The van der Waals surface area contributed by atoms with Crippen molar-refractivity contribution in [3.63, 3.8) is 0 Å². The lowest BCUT2D eigenvalue weighted by molar-refractivity contribution is -0.427. The smallest absolute Gasteiger partial charge is 0.246 e. The number of nitro groups is 1. The Kier molecular flexibility index (Phi) is 16.4. The molecule has 0 N–H and O–H groups in total. The second-order valence-electron chi connectivity index (χ2n) is 5.93. The monoisotopic (exact) mass is 334 g/mol. The van der Waals surface area contributed by atoms with E-state index in [0.29, 0.717) is 12.8 Å². The first kappa shape index (κ1) is 22.3. The average Bonchev–Trinajstić information content (AvgIpc) is 2.57. The van der Waals surface area contributed by atoms with Gasteiger partial charge in [-0.1, -0.05) is 56.9 Å². The fraction of sp³-hybridized carbons (Fsp3) is 0.650. The van der Waals surface area contributed by atoms with Gasteiger partial charge in [0.05, 0.1) is 11.3 Å². The van der Waals surface area contributed by atoms with E-state index < -0.39 is 0 Å². The van der Waals surface area contributed by atoms with Crippen molar-refractivity contribution in [2.75, 3.05) is 0 Å². The third-order valence-electron chi connectivity index (χ3n) is 3.75. The lowest BCUT2D eigenvalue weighted by Crippen LogP contribution is -1.97. The maximum atomic E-state index is 11.0. The third kappa shape index (κ3) is 15.2. The molecule has 0 fully saturated rings. The molecule has 4 heteroatoms. The summed E-state index contributed by atoms with van der Waals surface area (Å²) in [5.41, 5.74) is 0.277. The predicted molar refractivity (Wildman–Crippen MR) is 100 cm³/mol. The Morgan fingerprint density at radius 3 is 2.38 bits per heavy atom. The standard InChI is InChI=1S/C20H32NO3/c1-2-3-4-5-6-7-8-11-14-17-20(21(23)24)18-15-12-9-10-13-16-19-22/h6-7,11,14,18H,2-5,8-10,12-13,15-17H2,1H3/b7-6+,14-11+,20-18-. The SMILES string of the molecule is CCCCC/C=C/C/C=C/C/C(=C/CCCCCC[C]=O)[N+](=O)[O-]. The van der Waals surface area contributed by atoms with Crippen LogP contribution >= 0.6 is 0 Å². The summed E-state index contributed by atoms with van der Waals surface area (Å²) in [6.45, 7) is 2.19. The molecule has 0 bridgehead atoms. The molecule has 0 aliphatic carbocycles. The van der Waals surface area contributed by atoms with E-state index in [1.54, 1.807) is 6.08 Å². The van der Waals surface area contributed by atoms with Crippen LogP contribution in [-0.2, 0) is 4.79 Å². The molecule has 1 radical (unpaired) electrons. The van der Waals surface area contributed by atoms with Crippen molar-refractivity contribution in [3.05, 3.63) is 46.2 Å². The molecular weight excluding hydrogens is 302 g/mol. The average molecular weight is 334 g/mol. The van der Waals surface area contributed by atoms with Crippen LogP contribution in [0.3, 0.4) is 0 Å². The first-order valence-electron chi connectivity index (χ1n) is 9.20. The Labute approximate surface area is 146 Å². The zero-order chi connectivity index (χ0) is 17.9. The molecule has 24 heavy (non-hydrogen) atoms. The maximum Gasteiger partial charge on any atom is 0.246 e. The third-order valence-corrected chi connectivity index (χ3v) is 3.75. The van der Waals surface area contributed by atoms with Gasteiger partial charge in [-0.25, -0.2) is 0 Å². The van der Waals surface area contributed by atoms with Gasteiger partial charge in [0.25, 0.3) is 0 Å². The number of rotatable bonds is 16. The van der Waals surface area contributed by atoms with Crippen molar-refractivity contribution < 1.29 is 9.72 Å². The number of unbranched alkanes of at least 4 members (excludes halogenated alkanes) is 8. The van der Waals surface area contributed by atoms with Crippen molar-refractivity contribution in [2.24, 2.45) is 0 Å². The van der Waals surface area contributed by atoms with Gasteiger partial charge in [-0.15, -0.1) is 0 Å². The highest BCUT2D eigenvalue weighted by molar-refractivity contribution is 5.50. The minimum Gasteiger partial charge on any atom is -0.291 e. The first-order chi connectivity index (χ1) is 11.7. The van der Waals surface area contributed by atoms with Crippen LogP contribution in [0.2, 0.25) is 0 Å². The molecule has 0 aromatic heterocycles. The topological polar surface area (TPSA) is 60.2 Å². The van der Waals surface area contributed by atoms with Crippen LogP contribution in [0.15, 0.2) is 36.1 Å². The molecule has 135 valence electrons. The van der Waals surface area contributed by atoms with E-state index >= 15 is 0 Å². The first-order valence-corrected chi connectivity index (χ1v) is 9.20. The van der Waals surface area contributed by atoms with Gasteiger partial charge in [0, 0.05) is 6.42 Å². The summed E-state index contributed by atoms with van der Waals surface area (Å²) in [7, 11) is 0. The lowest BCUT2D eigenvalue weighted by Gasteiger charge is -1.97. The largest absolute Gasteiger partial charge is 0.291 e. The maximum absolute atomic E-state index is 11.0. The van der Waals surface area contributed by atoms with Crippen LogP contribution in [0.4, 0.5) is 0 Å². The van der Waals surface area contributed by atoms with Gasteiger partial charge in [0.15, 0.2) is 6.29 Å². The van der Waals surface area contributed by atoms with Crippen molar-refractivity contribution >= 4 is 6.29 Å². The Bertz CT molecular complexity index is 411. The molecular formula is C20H32NO3. The zero-order valence-corrected chi connectivity index (χ0v) is 15.0. The van der Waals surface area contributed by atoms with Gasteiger partial charge >= 0.3 is 0 Å². The molecule has 0 aromatic rings. The van der Waals surface area contributed by atoms with Crippen LogP contribution in [0.25, 0.3) is 0 Å². The van der Waals surface area contributed by atoms with E-state index in [-0.39, 0.29) is 10.6 Å². The number of hydrogen-bond donors (Lipinski definition) is 0. The minimum atomic E-state index is -0.285. The highest BCUT2D eigenvalue weighted by Crippen LogP contribution is 2.10. The summed E-state index contributed by atoms with van der Waals surface area (Å²) in [5, 5.41) is 11.0. The van der Waals surface area contributed by atoms with Gasteiger partial charge in [0.2, 0.25) is 5.70 Å². The summed E-state index contributed by atoms with van der Waals surface area (Å²) >= 11 is 0. The van der Waals surface area contributed by atoms with E-state index in [2.05, 4.69) is 19.1 Å². The molecule has 0 aromatic carbocycles. The fourth-order valence-electron chi connectivity index (χ4n) is 2.30. The highest BCUT2D eigenvalue weighted by atomic mass is 16.6. The van der Waals surface area contributed by atoms with Crippen molar-refractivity contribution in [3.8, 4) is 0 Å². The molecule has 0 unspecified atom stereocenters.